The fourth-order valence-electron chi connectivity index (χ4n) is 0.973. The van der Waals surface area contributed by atoms with Gasteiger partial charge in [-0.25, -0.2) is 4.98 Å². The predicted molar refractivity (Wildman–Crippen MR) is 49.8 cm³/mol. The molecule has 1 unspecified atom stereocenters. The van der Waals surface area contributed by atoms with Gasteiger partial charge in [0.2, 0.25) is 5.88 Å². The van der Waals surface area contributed by atoms with Crippen LogP contribution in [0.4, 0.5) is 0 Å². The van der Waals surface area contributed by atoms with Crippen LogP contribution in [-0.4, -0.2) is 23.7 Å². The van der Waals surface area contributed by atoms with E-state index in [0.29, 0.717) is 16.6 Å². The lowest BCUT2D eigenvalue weighted by molar-refractivity contribution is 0.181. The van der Waals surface area contributed by atoms with E-state index in [1.165, 1.54) is 7.11 Å². The molecule has 1 heterocycles. The smallest absolute Gasteiger partial charge is 0.220 e. The Morgan fingerprint density at radius 3 is 2.92 bits per heavy atom. The summed E-state index contributed by atoms with van der Waals surface area (Å²) in [6.45, 7) is 0.125. The van der Waals surface area contributed by atoms with E-state index in [1.807, 2.05) is 0 Å². The molecule has 0 aliphatic heterocycles. The number of rotatable bonds is 3. The molecular formula is C8H11ClN2O2. The van der Waals surface area contributed by atoms with Crippen LogP contribution in [0.5, 0.6) is 5.88 Å². The van der Waals surface area contributed by atoms with Crippen molar-refractivity contribution >= 4 is 11.6 Å². The number of ether oxygens (including phenoxy) is 1. The molecule has 0 saturated heterocycles. The number of methoxy groups -OCH3 is 1. The van der Waals surface area contributed by atoms with Crippen LogP contribution in [0.1, 0.15) is 11.7 Å². The molecule has 0 radical (unpaired) electrons. The molecule has 0 saturated carbocycles. The van der Waals surface area contributed by atoms with Gasteiger partial charge in [0.15, 0.2) is 0 Å². The third-order valence-electron chi connectivity index (χ3n) is 1.63. The Balaban J connectivity index is 3.05. The molecule has 5 heteroatoms. The molecule has 13 heavy (non-hydrogen) atoms. The first-order chi connectivity index (χ1) is 6.19. The Bertz CT molecular complexity index is 293. The van der Waals surface area contributed by atoms with Crippen molar-refractivity contribution in [1.29, 1.82) is 0 Å². The quantitative estimate of drug-likeness (QED) is 0.710. The Morgan fingerprint density at radius 2 is 2.38 bits per heavy atom. The Labute approximate surface area is 81.3 Å². The summed E-state index contributed by atoms with van der Waals surface area (Å²) >= 11 is 5.64. The maximum absolute atomic E-state index is 9.44. The second kappa shape index (κ2) is 4.41. The second-order valence-electron chi connectivity index (χ2n) is 2.48. The van der Waals surface area contributed by atoms with Crippen LogP contribution < -0.4 is 10.5 Å². The van der Waals surface area contributed by atoms with Crippen molar-refractivity contribution in [2.75, 3.05) is 13.7 Å². The number of hydrogen-bond donors (Lipinski definition) is 2. The predicted octanol–water partition coefficient (Wildman–Crippen LogP) is 0.736. The van der Waals surface area contributed by atoms with Crippen molar-refractivity contribution in [3.63, 3.8) is 0 Å². The van der Waals surface area contributed by atoms with E-state index in [4.69, 9.17) is 22.1 Å². The maximum atomic E-state index is 9.44. The van der Waals surface area contributed by atoms with Crippen LogP contribution in [0.3, 0.4) is 0 Å². The van der Waals surface area contributed by atoms with E-state index in [2.05, 4.69) is 4.98 Å². The molecule has 0 spiro atoms. The lowest BCUT2D eigenvalue weighted by atomic mass is 10.1. The van der Waals surface area contributed by atoms with Gasteiger partial charge in [0, 0.05) is 12.1 Å². The van der Waals surface area contributed by atoms with Gasteiger partial charge in [-0.1, -0.05) is 11.6 Å². The van der Waals surface area contributed by atoms with Crippen molar-refractivity contribution in [3.8, 4) is 5.88 Å². The van der Waals surface area contributed by atoms with E-state index in [1.54, 1.807) is 12.1 Å². The highest BCUT2D eigenvalue weighted by atomic mass is 35.5. The van der Waals surface area contributed by atoms with E-state index in [0.717, 1.165) is 0 Å². The maximum Gasteiger partial charge on any atom is 0.220 e. The summed E-state index contributed by atoms with van der Waals surface area (Å²) < 4.78 is 4.94. The third kappa shape index (κ3) is 2.30. The number of aromatic nitrogens is 1. The molecular weight excluding hydrogens is 192 g/mol. The number of halogens is 1. The lowest BCUT2D eigenvalue weighted by Crippen LogP contribution is -2.13. The number of nitrogens with zero attached hydrogens (tertiary/aromatic N) is 1. The minimum Gasteiger partial charge on any atom is -0.481 e. The van der Waals surface area contributed by atoms with E-state index in [9.17, 15) is 5.11 Å². The number of nitrogens with two attached hydrogens (primary N) is 1. The number of aliphatic hydroxyl groups is 1. The zero-order valence-corrected chi connectivity index (χ0v) is 7.95. The molecule has 0 fully saturated rings. The summed E-state index contributed by atoms with van der Waals surface area (Å²) in [5, 5.41) is 9.77. The van der Waals surface area contributed by atoms with Gasteiger partial charge in [-0.3, -0.25) is 0 Å². The SMILES string of the molecule is COc1nc(Cl)ccc1C(O)CN. The van der Waals surface area contributed by atoms with Crippen molar-refractivity contribution in [1.82, 2.24) is 4.98 Å². The van der Waals surface area contributed by atoms with Gasteiger partial charge in [-0.05, 0) is 12.1 Å². The van der Waals surface area contributed by atoms with Gasteiger partial charge < -0.3 is 15.6 Å². The molecule has 1 aromatic heterocycles. The summed E-state index contributed by atoms with van der Waals surface area (Å²) in [6.07, 6.45) is -0.764. The standard InChI is InChI=1S/C8H11ClN2O2/c1-13-8-5(6(12)4-10)2-3-7(9)11-8/h2-3,6,12H,4,10H2,1H3. The van der Waals surface area contributed by atoms with Crippen molar-refractivity contribution < 1.29 is 9.84 Å². The molecule has 0 aliphatic rings. The molecule has 0 aliphatic carbocycles. The molecule has 0 bridgehead atoms. The molecule has 4 nitrogen and oxygen atoms in total. The molecule has 1 atom stereocenters. The highest BCUT2D eigenvalue weighted by Crippen LogP contribution is 2.23. The van der Waals surface area contributed by atoms with Crippen LogP contribution in [0.2, 0.25) is 5.15 Å². The van der Waals surface area contributed by atoms with Gasteiger partial charge in [-0.2, -0.15) is 0 Å². The monoisotopic (exact) mass is 202 g/mol. The number of aliphatic hydroxyl groups excluding tert-OH is 1. The number of pyridine rings is 1. The first-order valence-corrected chi connectivity index (χ1v) is 4.15. The summed E-state index contributed by atoms with van der Waals surface area (Å²) in [5.74, 6) is 0.311. The van der Waals surface area contributed by atoms with E-state index < -0.39 is 6.10 Å². The van der Waals surface area contributed by atoms with Crippen LogP contribution in [0.25, 0.3) is 0 Å². The Kier molecular flexibility index (Phi) is 3.48. The van der Waals surface area contributed by atoms with Crippen molar-refractivity contribution in [2.24, 2.45) is 5.73 Å². The molecule has 72 valence electrons. The summed E-state index contributed by atoms with van der Waals surface area (Å²) in [4.78, 5) is 3.89. The fourth-order valence-corrected chi connectivity index (χ4v) is 1.11. The average molecular weight is 203 g/mol. The molecule has 3 N–H and O–H groups in total. The third-order valence-corrected chi connectivity index (χ3v) is 1.84. The van der Waals surface area contributed by atoms with Crippen molar-refractivity contribution in [2.45, 2.75) is 6.10 Å². The lowest BCUT2D eigenvalue weighted by Gasteiger charge is -2.11. The van der Waals surface area contributed by atoms with Crippen LogP contribution in [0.15, 0.2) is 12.1 Å². The fraction of sp³-hybridized carbons (Fsp3) is 0.375. The number of hydrogen-bond acceptors (Lipinski definition) is 4. The summed E-state index contributed by atoms with van der Waals surface area (Å²) in [6, 6.07) is 3.23. The molecule has 0 aromatic carbocycles. The van der Waals surface area contributed by atoms with Gasteiger partial charge in [0.05, 0.1) is 13.2 Å². The van der Waals surface area contributed by atoms with E-state index in [-0.39, 0.29) is 6.54 Å². The van der Waals surface area contributed by atoms with Crippen LogP contribution >= 0.6 is 11.6 Å². The Morgan fingerprint density at radius 1 is 1.69 bits per heavy atom. The zero-order chi connectivity index (χ0) is 9.84. The average Bonchev–Trinajstić information content (AvgIpc) is 2.16. The van der Waals surface area contributed by atoms with Crippen LogP contribution in [0, 0.1) is 0 Å². The Hall–Kier alpha value is -0.840. The summed E-state index contributed by atoms with van der Waals surface area (Å²) in [5.41, 5.74) is 5.85. The molecule has 1 rings (SSSR count). The molecule has 1 aromatic rings. The summed E-state index contributed by atoms with van der Waals surface area (Å²) in [7, 11) is 1.46. The zero-order valence-electron chi connectivity index (χ0n) is 7.20. The van der Waals surface area contributed by atoms with Crippen molar-refractivity contribution in [3.05, 3.63) is 22.8 Å². The normalized spacial score (nSPS) is 12.6. The topological polar surface area (TPSA) is 68.4 Å². The van der Waals surface area contributed by atoms with Gasteiger partial charge in [0.1, 0.15) is 5.15 Å². The van der Waals surface area contributed by atoms with Crippen LogP contribution in [-0.2, 0) is 0 Å². The largest absolute Gasteiger partial charge is 0.481 e. The minimum absolute atomic E-state index is 0.125. The molecule has 0 amide bonds. The van der Waals surface area contributed by atoms with Gasteiger partial charge >= 0.3 is 0 Å². The minimum atomic E-state index is -0.764. The van der Waals surface area contributed by atoms with Gasteiger partial charge in [0.25, 0.3) is 0 Å². The first-order valence-electron chi connectivity index (χ1n) is 3.77. The first kappa shape index (κ1) is 10.2. The second-order valence-corrected chi connectivity index (χ2v) is 2.87. The highest BCUT2D eigenvalue weighted by Gasteiger charge is 2.12. The highest BCUT2D eigenvalue weighted by molar-refractivity contribution is 6.29. The van der Waals surface area contributed by atoms with Gasteiger partial charge in [-0.15, -0.1) is 0 Å². The van der Waals surface area contributed by atoms with E-state index >= 15 is 0 Å².